The highest BCUT2D eigenvalue weighted by molar-refractivity contribution is 4.98. The quantitative estimate of drug-likeness (QED) is 0.592. The first-order valence-electron chi connectivity index (χ1n) is 4.63. The van der Waals surface area contributed by atoms with Crippen molar-refractivity contribution in [2.45, 2.75) is 6.04 Å². The van der Waals surface area contributed by atoms with Gasteiger partial charge in [0.15, 0.2) is 5.82 Å². The third kappa shape index (κ3) is 1.13. The summed E-state index contributed by atoms with van der Waals surface area (Å²) in [4.78, 5) is 4.89. The van der Waals surface area contributed by atoms with Crippen LogP contribution in [-0.4, -0.2) is 63.1 Å². The van der Waals surface area contributed by atoms with Gasteiger partial charge in [0.2, 0.25) is 0 Å². The molecule has 6 heteroatoms. The topological polar surface area (TPSA) is 60.9 Å². The Bertz CT molecular complexity index is 275. The normalized spacial score (nSPS) is 38.0. The summed E-state index contributed by atoms with van der Waals surface area (Å²) in [5.74, 6) is 0.837. The summed E-state index contributed by atoms with van der Waals surface area (Å²) in [6, 6.07) is 0.362. The molecule has 13 heavy (non-hydrogen) atoms. The average molecular weight is 180 g/mol. The van der Waals surface area contributed by atoms with Crippen molar-refractivity contribution in [1.82, 2.24) is 30.4 Å². The Morgan fingerprint density at radius 3 is 2.62 bits per heavy atom. The van der Waals surface area contributed by atoms with Gasteiger partial charge in [0, 0.05) is 32.7 Å². The Labute approximate surface area is 75.9 Å². The molecule has 0 aliphatic carbocycles. The zero-order chi connectivity index (χ0) is 8.67. The number of piperazine rings is 3. The molecule has 4 heterocycles. The Morgan fingerprint density at radius 1 is 1.23 bits per heavy atom. The Kier molecular flexibility index (Phi) is 1.56. The van der Waals surface area contributed by atoms with E-state index in [0.717, 1.165) is 25.5 Å². The minimum absolute atomic E-state index is 0.362. The molecule has 1 aromatic rings. The highest BCUT2D eigenvalue weighted by atomic mass is 15.5. The number of fused-ring (bicyclic) bond motifs is 3. The van der Waals surface area contributed by atoms with Crippen LogP contribution in [0.15, 0.2) is 0 Å². The summed E-state index contributed by atoms with van der Waals surface area (Å²) in [6.07, 6.45) is 0. The summed E-state index contributed by atoms with van der Waals surface area (Å²) in [5.41, 5.74) is 0. The molecule has 1 N–H and O–H groups in total. The minimum Gasteiger partial charge on any atom is -0.299 e. The summed E-state index contributed by atoms with van der Waals surface area (Å²) >= 11 is 0. The Balaban J connectivity index is 1.85. The molecule has 0 spiro atoms. The average Bonchev–Trinajstić information content (AvgIpc) is 2.72. The fourth-order valence-corrected chi connectivity index (χ4v) is 2.17. The third-order valence-corrected chi connectivity index (χ3v) is 2.94. The van der Waals surface area contributed by atoms with Gasteiger partial charge in [-0.3, -0.25) is 9.80 Å². The molecule has 2 bridgehead atoms. The maximum Gasteiger partial charge on any atom is 0.192 e. The van der Waals surface area contributed by atoms with E-state index < -0.39 is 0 Å². The first-order valence-corrected chi connectivity index (χ1v) is 4.63. The van der Waals surface area contributed by atoms with Gasteiger partial charge in [-0.15, -0.1) is 10.2 Å². The molecule has 3 aliphatic heterocycles. The van der Waals surface area contributed by atoms with Crippen molar-refractivity contribution in [3.8, 4) is 0 Å². The van der Waals surface area contributed by atoms with Crippen LogP contribution < -0.4 is 0 Å². The number of rotatable bonds is 1. The van der Waals surface area contributed by atoms with Gasteiger partial charge in [-0.25, -0.2) is 0 Å². The number of tetrazole rings is 1. The van der Waals surface area contributed by atoms with Crippen molar-refractivity contribution in [2.75, 3.05) is 32.7 Å². The van der Waals surface area contributed by atoms with Gasteiger partial charge in [0.05, 0.1) is 6.04 Å². The first-order chi connectivity index (χ1) is 6.43. The van der Waals surface area contributed by atoms with Crippen molar-refractivity contribution < 1.29 is 0 Å². The summed E-state index contributed by atoms with van der Waals surface area (Å²) in [5, 5.41) is 14.2. The molecule has 3 aliphatic rings. The second-order valence-corrected chi connectivity index (χ2v) is 3.62. The second-order valence-electron chi connectivity index (χ2n) is 3.62. The SMILES string of the molecule is C1CN2CCN1CC2c1nn[nH]n1. The molecular weight excluding hydrogens is 168 g/mol. The molecule has 1 unspecified atom stereocenters. The number of H-pyrrole nitrogens is 1. The van der Waals surface area contributed by atoms with Crippen LogP contribution in [-0.2, 0) is 0 Å². The second kappa shape index (κ2) is 2.74. The number of aromatic amines is 1. The van der Waals surface area contributed by atoms with Crippen molar-refractivity contribution >= 4 is 0 Å². The van der Waals surface area contributed by atoms with Crippen LogP contribution in [0.5, 0.6) is 0 Å². The number of hydrogen-bond donors (Lipinski definition) is 1. The standard InChI is InChI=1S/C7H12N6/c1-3-13-4-2-12(1)5-6(13)7-8-10-11-9-7/h6H,1-5H2,(H,8,9,10,11). The maximum absolute atomic E-state index is 4.04. The van der Waals surface area contributed by atoms with Gasteiger partial charge in [-0.1, -0.05) is 5.21 Å². The van der Waals surface area contributed by atoms with Crippen molar-refractivity contribution in [2.24, 2.45) is 0 Å². The molecule has 0 radical (unpaired) electrons. The van der Waals surface area contributed by atoms with E-state index in [-0.39, 0.29) is 0 Å². The van der Waals surface area contributed by atoms with Gasteiger partial charge in [0.1, 0.15) is 0 Å². The van der Waals surface area contributed by atoms with E-state index in [0.29, 0.717) is 6.04 Å². The molecular formula is C7H12N6. The van der Waals surface area contributed by atoms with Crippen molar-refractivity contribution in [1.29, 1.82) is 0 Å². The van der Waals surface area contributed by atoms with Crippen LogP contribution in [0.4, 0.5) is 0 Å². The molecule has 4 rings (SSSR count). The number of nitrogens with one attached hydrogen (secondary N) is 1. The van der Waals surface area contributed by atoms with Crippen LogP contribution in [0.2, 0.25) is 0 Å². The molecule has 6 nitrogen and oxygen atoms in total. The first kappa shape index (κ1) is 7.40. The van der Waals surface area contributed by atoms with E-state index in [9.17, 15) is 0 Å². The van der Waals surface area contributed by atoms with Crippen LogP contribution in [0.25, 0.3) is 0 Å². The zero-order valence-electron chi connectivity index (χ0n) is 7.35. The monoisotopic (exact) mass is 180 g/mol. The van der Waals surface area contributed by atoms with Crippen LogP contribution >= 0.6 is 0 Å². The van der Waals surface area contributed by atoms with Gasteiger partial charge in [0.25, 0.3) is 0 Å². The van der Waals surface area contributed by atoms with Gasteiger partial charge in [-0.05, 0) is 0 Å². The van der Waals surface area contributed by atoms with Crippen LogP contribution in [0, 0.1) is 0 Å². The highest BCUT2D eigenvalue weighted by Crippen LogP contribution is 2.25. The lowest BCUT2D eigenvalue weighted by molar-refractivity contribution is 0.00867. The molecule has 3 saturated heterocycles. The molecule has 1 atom stereocenters. The van der Waals surface area contributed by atoms with Crippen molar-refractivity contribution in [3.63, 3.8) is 0 Å². The molecule has 0 aromatic carbocycles. The molecule has 0 amide bonds. The highest BCUT2D eigenvalue weighted by Gasteiger charge is 2.34. The van der Waals surface area contributed by atoms with E-state index in [1.165, 1.54) is 13.1 Å². The van der Waals surface area contributed by atoms with Crippen LogP contribution in [0.3, 0.4) is 0 Å². The summed E-state index contributed by atoms with van der Waals surface area (Å²) in [6.45, 7) is 5.71. The van der Waals surface area contributed by atoms with E-state index >= 15 is 0 Å². The summed E-state index contributed by atoms with van der Waals surface area (Å²) < 4.78 is 0. The lowest BCUT2D eigenvalue weighted by Crippen LogP contribution is -2.57. The van der Waals surface area contributed by atoms with Gasteiger partial charge < -0.3 is 0 Å². The predicted octanol–water partition coefficient (Wildman–Crippen LogP) is -1.13. The fourth-order valence-electron chi connectivity index (χ4n) is 2.17. The summed E-state index contributed by atoms with van der Waals surface area (Å²) in [7, 11) is 0. The zero-order valence-corrected chi connectivity index (χ0v) is 7.35. The minimum atomic E-state index is 0.362. The van der Waals surface area contributed by atoms with E-state index in [2.05, 4.69) is 30.4 Å². The maximum atomic E-state index is 4.04. The number of nitrogens with zero attached hydrogens (tertiary/aromatic N) is 5. The molecule has 1 aromatic heterocycles. The van der Waals surface area contributed by atoms with E-state index in [1.807, 2.05) is 0 Å². The van der Waals surface area contributed by atoms with Gasteiger partial charge >= 0.3 is 0 Å². The smallest absolute Gasteiger partial charge is 0.192 e. The van der Waals surface area contributed by atoms with Gasteiger partial charge in [-0.2, -0.15) is 5.21 Å². The third-order valence-electron chi connectivity index (χ3n) is 2.94. The van der Waals surface area contributed by atoms with E-state index in [1.54, 1.807) is 0 Å². The molecule has 3 fully saturated rings. The number of aromatic nitrogens is 4. The van der Waals surface area contributed by atoms with Crippen LogP contribution in [0.1, 0.15) is 11.9 Å². The van der Waals surface area contributed by atoms with Crippen molar-refractivity contribution in [3.05, 3.63) is 5.82 Å². The number of hydrogen-bond acceptors (Lipinski definition) is 5. The molecule has 70 valence electrons. The largest absolute Gasteiger partial charge is 0.299 e. The lowest BCUT2D eigenvalue weighted by Gasteiger charge is -2.46. The fraction of sp³-hybridized carbons (Fsp3) is 0.857. The van der Waals surface area contributed by atoms with E-state index in [4.69, 9.17) is 0 Å². The Hall–Kier alpha value is -1.01. The molecule has 0 saturated carbocycles. The predicted molar refractivity (Wildman–Crippen MR) is 44.9 cm³/mol. The Morgan fingerprint density at radius 2 is 2.08 bits per heavy atom. The lowest BCUT2D eigenvalue weighted by atomic mass is 10.1.